The van der Waals surface area contributed by atoms with E-state index in [2.05, 4.69) is 14.8 Å². The molecule has 0 spiro atoms. The van der Waals surface area contributed by atoms with Crippen LogP contribution in [-0.4, -0.2) is 39.8 Å². The fourth-order valence-electron chi connectivity index (χ4n) is 3.89. The number of ketones is 1. The number of benzene rings is 1. The number of aromatic amines is 1. The van der Waals surface area contributed by atoms with Crippen LogP contribution in [0.5, 0.6) is 5.75 Å². The fourth-order valence-corrected chi connectivity index (χ4v) is 3.89. The van der Waals surface area contributed by atoms with E-state index in [1.54, 1.807) is 20.9 Å². The molecule has 1 N–H and O–H groups in total. The van der Waals surface area contributed by atoms with Crippen molar-refractivity contribution in [1.82, 2.24) is 9.78 Å². The monoisotopic (exact) mass is 409 g/mol. The van der Waals surface area contributed by atoms with E-state index in [4.69, 9.17) is 4.74 Å². The van der Waals surface area contributed by atoms with Crippen molar-refractivity contribution in [1.29, 1.82) is 0 Å². The predicted octanol–water partition coefficient (Wildman–Crippen LogP) is 2.82. The summed E-state index contributed by atoms with van der Waals surface area (Å²) in [5.41, 5.74) is -0.168. The molecule has 2 atom stereocenters. The molecule has 0 saturated carbocycles. The van der Waals surface area contributed by atoms with Gasteiger partial charge in [0.2, 0.25) is 0 Å². The number of aryl methyl sites for hydroxylation is 1. The SMILES string of the molecule is Cn1[nH]c(=O)c2c1N=C1COC(C)(C)C(=O)C1C2c1ccc(OC(F)(F)F)cc1. The molecule has 7 nitrogen and oxygen atoms in total. The van der Waals surface area contributed by atoms with E-state index < -0.39 is 29.4 Å². The van der Waals surface area contributed by atoms with Crippen LogP contribution in [-0.2, 0) is 16.6 Å². The fraction of sp³-hybridized carbons (Fsp3) is 0.421. The Kier molecular flexibility index (Phi) is 4.23. The van der Waals surface area contributed by atoms with Crippen LogP contribution >= 0.6 is 0 Å². The number of aliphatic imine (C=N–C) groups is 1. The van der Waals surface area contributed by atoms with Crippen molar-refractivity contribution >= 4 is 17.3 Å². The highest BCUT2D eigenvalue weighted by molar-refractivity contribution is 6.13. The van der Waals surface area contributed by atoms with Gasteiger partial charge in [-0.1, -0.05) is 12.1 Å². The number of halogens is 3. The molecular weight excluding hydrogens is 391 g/mol. The van der Waals surface area contributed by atoms with Crippen molar-refractivity contribution in [3.05, 3.63) is 45.7 Å². The molecule has 0 bridgehead atoms. The molecule has 2 aliphatic heterocycles. The molecule has 4 rings (SSSR count). The number of carbonyl (C=O) groups excluding carboxylic acids is 1. The summed E-state index contributed by atoms with van der Waals surface area (Å²) in [4.78, 5) is 30.2. The largest absolute Gasteiger partial charge is 0.573 e. The highest BCUT2D eigenvalue weighted by Gasteiger charge is 2.50. The van der Waals surface area contributed by atoms with Gasteiger partial charge in [-0.15, -0.1) is 13.2 Å². The van der Waals surface area contributed by atoms with Gasteiger partial charge in [-0.05, 0) is 31.5 Å². The smallest absolute Gasteiger partial charge is 0.406 e. The van der Waals surface area contributed by atoms with Crippen LogP contribution in [0.2, 0.25) is 0 Å². The predicted molar refractivity (Wildman–Crippen MR) is 96.6 cm³/mol. The van der Waals surface area contributed by atoms with Crippen LogP contribution in [0.25, 0.3) is 0 Å². The number of aromatic nitrogens is 2. The van der Waals surface area contributed by atoms with E-state index in [0.29, 0.717) is 22.7 Å². The van der Waals surface area contributed by atoms with Crippen molar-refractivity contribution in [2.75, 3.05) is 6.61 Å². The zero-order valence-corrected chi connectivity index (χ0v) is 15.8. The summed E-state index contributed by atoms with van der Waals surface area (Å²) < 4.78 is 48.4. The molecule has 2 aromatic rings. The van der Waals surface area contributed by atoms with Gasteiger partial charge >= 0.3 is 6.36 Å². The molecule has 1 aromatic heterocycles. The van der Waals surface area contributed by atoms with Gasteiger partial charge in [-0.2, -0.15) is 0 Å². The Morgan fingerprint density at radius 1 is 1.21 bits per heavy atom. The molecule has 1 aromatic carbocycles. The van der Waals surface area contributed by atoms with Crippen molar-refractivity contribution in [2.24, 2.45) is 18.0 Å². The average Bonchev–Trinajstić information content (AvgIpc) is 2.90. The molecule has 0 amide bonds. The number of fused-ring (bicyclic) bond motifs is 2. The third-order valence-corrected chi connectivity index (χ3v) is 5.25. The molecular formula is C19H18F3N3O4. The van der Waals surface area contributed by atoms with Gasteiger partial charge in [0, 0.05) is 13.0 Å². The van der Waals surface area contributed by atoms with Crippen molar-refractivity contribution in [2.45, 2.75) is 31.7 Å². The highest BCUT2D eigenvalue weighted by atomic mass is 19.4. The topological polar surface area (TPSA) is 85.7 Å². The van der Waals surface area contributed by atoms with E-state index in [1.165, 1.54) is 28.9 Å². The Labute approximate surface area is 163 Å². The number of alkyl halides is 3. The first-order chi connectivity index (χ1) is 13.5. The summed E-state index contributed by atoms with van der Waals surface area (Å²) in [6, 6.07) is 5.20. The number of hydrogen-bond acceptors (Lipinski definition) is 5. The first-order valence-electron chi connectivity index (χ1n) is 8.88. The maximum atomic E-state index is 13.1. The van der Waals surface area contributed by atoms with Crippen molar-refractivity contribution in [3.8, 4) is 5.75 Å². The second-order valence-electron chi connectivity index (χ2n) is 7.58. The third-order valence-electron chi connectivity index (χ3n) is 5.25. The number of carbonyl (C=O) groups is 1. The molecule has 1 fully saturated rings. The maximum Gasteiger partial charge on any atom is 0.573 e. The molecule has 10 heteroatoms. The first-order valence-corrected chi connectivity index (χ1v) is 8.88. The van der Waals surface area contributed by atoms with E-state index in [-0.39, 0.29) is 18.1 Å². The zero-order valence-electron chi connectivity index (χ0n) is 15.8. The van der Waals surface area contributed by atoms with E-state index in [9.17, 15) is 22.8 Å². The Bertz CT molecular complexity index is 1060. The normalized spacial score (nSPS) is 23.2. The van der Waals surface area contributed by atoms with Gasteiger partial charge in [-0.25, -0.2) is 4.99 Å². The van der Waals surface area contributed by atoms with Crippen molar-refractivity contribution in [3.63, 3.8) is 0 Å². The molecule has 2 aliphatic rings. The second-order valence-corrected chi connectivity index (χ2v) is 7.58. The number of ether oxygens (including phenoxy) is 2. The summed E-state index contributed by atoms with van der Waals surface area (Å²) >= 11 is 0. The average molecular weight is 409 g/mol. The lowest BCUT2D eigenvalue weighted by molar-refractivity contribution is -0.274. The van der Waals surface area contributed by atoms with Crippen LogP contribution in [0.3, 0.4) is 0 Å². The summed E-state index contributed by atoms with van der Waals surface area (Å²) in [6.07, 6.45) is -4.81. The molecule has 1 saturated heterocycles. The van der Waals surface area contributed by atoms with E-state index in [0.717, 1.165) is 0 Å². The van der Waals surface area contributed by atoms with E-state index >= 15 is 0 Å². The van der Waals surface area contributed by atoms with Gasteiger partial charge in [0.15, 0.2) is 11.6 Å². The van der Waals surface area contributed by atoms with Crippen LogP contribution in [0.15, 0.2) is 34.1 Å². The summed E-state index contributed by atoms with van der Waals surface area (Å²) in [5.74, 6) is -1.69. The van der Waals surface area contributed by atoms with Gasteiger partial charge in [0.25, 0.3) is 5.56 Å². The van der Waals surface area contributed by atoms with Gasteiger partial charge in [-0.3, -0.25) is 19.4 Å². The standard InChI is InChI=1S/C19H18F3N3O4/c1-18(2)15(26)13-11(8-28-18)23-16-14(17(27)24-25(16)3)12(13)9-4-6-10(7-5-9)29-19(20,21)22/h4-7,12-13H,8H2,1-3H3,(H,24,27). The summed E-state index contributed by atoms with van der Waals surface area (Å²) in [7, 11) is 1.62. The molecule has 29 heavy (non-hydrogen) atoms. The van der Waals surface area contributed by atoms with Crippen LogP contribution in [0, 0.1) is 5.92 Å². The maximum absolute atomic E-state index is 13.1. The molecule has 3 heterocycles. The van der Waals surface area contributed by atoms with Gasteiger partial charge in [0.1, 0.15) is 11.4 Å². The Hall–Kier alpha value is -2.88. The molecule has 0 aliphatic carbocycles. The quantitative estimate of drug-likeness (QED) is 0.827. The minimum Gasteiger partial charge on any atom is -0.406 e. The summed E-state index contributed by atoms with van der Waals surface area (Å²) in [6.45, 7) is 3.41. The summed E-state index contributed by atoms with van der Waals surface area (Å²) in [5, 5.41) is 2.63. The second kappa shape index (κ2) is 6.31. The van der Waals surface area contributed by atoms with Gasteiger partial charge < -0.3 is 9.47 Å². The third kappa shape index (κ3) is 3.27. The first kappa shape index (κ1) is 19.4. The lowest BCUT2D eigenvalue weighted by Gasteiger charge is -2.40. The lowest BCUT2D eigenvalue weighted by atomic mass is 9.71. The van der Waals surface area contributed by atoms with E-state index in [1.807, 2.05) is 0 Å². The van der Waals surface area contributed by atoms with Crippen LogP contribution in [0.4, 0.5) is 19.0 Å². The minimum absolute atomic E-state index is 0.119. The lowest BCUT2D eigenvalue weighted by Crippen LogP contribution is -2.53. The van der Waals surface area contributed by atoms with Crippen LogP contribution < -0.4 is 10.3 Å². The Balaban J connectivity index is 1.84. The number of hydrogen-bond donors (Lipinski definition) is 1. The number of nitrogens with one attached hydrogen (secondary N) is 1. The molecule has 0 radical (unpaired) electrons. The number of rotatable bonds is 2. The molecule has 154 valence electrons. The van der Waals surface area contributed by atoms with Gasteiger partial charge in [0.05, 0.1) is 23.8 Å². The number of Topliss-reactive ketones (excluding diaryl/α,β-unsaturated/α-hetero) is 1. The Morgan fingerprint density at radius 3 is 2.48 bits per heavy atom. The number of H-pyrrole nitrogens is 1. The Morgan fingerprint density at radius 2 is 1.86 bits per heavy atom. The highest BCUT2D eigenvalue weighted by Crippen LogP contribution is 2.44. The van der Waals surface area contributed by atoms with Crippen molar-refractivity contribution < 1.29 is 27.4 Å². The minimum atomic E-state index is -4.81. The van der Waals surface area contributed by atoms with Crippen LogP contribution in [0.1, 0.15) is 30.9 Å². The zero-order chi connectivity index (χ0) is 21.1. The number of nitrogens with zero attached hydrogens (tertiary/aromatic N) is 2. The molecule has 2 unspecified atom stereocenters.